The molecule has 3 fully saturated rings. The number of aliphatic hydroxyl groups is 1. The largest absolute Gasteiger partial charge is 0.389 e. The number of halogens is 3. The quantitative estimate of drug-likeness (QED) is 0.619. The van der Waals surface area contributed by atoms with E-state index in [-0.39, 0.29) is 11.8 Å². The van der Waals surface area contributed by atoms with Crippen LogP contribution >= 0.6 is 34.8 Å². The standard InChI is InChI=1S/C10H13Cl3O3/c1-15-10(16-2)8(12)4-3-5(4)9(10,13)7(14)6(8)11/h4-7,14H,3H2,1-2H3/t4-,5+,6-,7-,8-,9+/m1/s1. The van der Waals surface area contributed by atoms with Crippen LogP contribution in [0.15, 0.2) is 0 Å². The molecule has 3 nitrogen and oxygen atoms in total. The summed E-state index contributed by atoms with van der Waals surface area (Å²) in [4.78, 5) is -1.97. The second-order valence-corrected chi connectivity index (χ2v) is 6.58. The molecule has 0 heterocycles. The fraction of sp³-hybridized carbons (Fsp3) is 1.00. The first kappa shape index (κ1) is 11.8. The summed E-state index contributed by atoms with van der Waals surface area (Å²) in [5, 5.41) is 9.54. The van der Waals surface area contributed by atoms with Crippen LogP contribution < -0.4 is 0 Å². The smallest absolute Gasteiger partial charge is 0.211 e. The fourth-order valence-corrected chi connectivity index (χ4v) is 5.82. The normalized spacial score (nSPS) is 61.1. The minimum atomic E-state index is -1.21. The third kappa shape index (κ3) is 0.808. The van der Waals surface area contributed by atoms with Crippen molar-refractivity contribution in [1.29, 1.82) is 0 Å². The molecular weight excluding hydrogens is 274 g/mol. The maximum absolute atomic E-state index is 10.2. The van der Waals surface area contributed by atoms with E-state index in [4.69, 9.17) is 44.3 Å². The van der Waals surface area contributed by atoms with Crippen LogP contribution in [-0.4, -0.2) is 46.3 Å². The molecule has 6 heteroatoms. The summed E-state index contributed by atoms with van der Waals surface area (Å²) in [6.07, 6.45) is -0.0427. The van der Waals surface area contributed by atoms with Crippen LogP contribution in [-0.2, 0) is 9.47 Å². The summed E-state index contributed by atoms with van der Waals surface area (Å²) in [6, 6.07) is 0. The number of alkyl halides is 3. The second kappa shape index (κ2) is 3.01. The van der Waals surface area contributed by atoms with E-state index >= 15 is 0 Å². The maximum atomic E-state index is 10.2. The summed E-state index contributed by atoms with van der Waals surface area (Å²) in [5.41, 5.74) is 0. The Morgan fingerprint density at radius 2 is 1.62 bits per heavy atom. The monoisotopic (exact) mass is 286 g/mol. The van der Waals surface area contributed by atoms with Gasteiger partial charge in [0.05, 0.1) is 11.5 Å². The van der Waals surface area contributed by atoms with E-state index in [1.807, 2.05) is 0 Å². The molecule has 0 amide bonds. The summed E-state index contributed by atoms with van der Waals surface area (Å²) < 4.78 is 10.9. The van der Waals surface area contributed by atoms with Crippen molar-refractivity contribution in [2.75, 3.05) is 14.2 Å². The number of fused-ring (bicyclic) bond motifs is 5. The highest BCUT2D eigenvalue weighted by Crippen LogP contribution is 2.79. The van der Waals surface area contributed by atoms with Crippen molar-refractivity contribution in [2.24, 2.45) is 11.8 Å². The van der Waals surface area contributed by atoms with E-state index in [1.54, 1.807) is 0 Å². The first-order valence-corrected chi connectivity index (χ1v) is 6.41. The van der Waals surface area contributed by atoms with Crippen LogP contribution in [0.3, 0.4) is 0 Å². The number of ether oxygens (including phenoxy) is 2. The minimum Gasteiger partial charge on any atom is -0.389 e. The lowest BCUT2D eigenvalue weighted by Crippen LogP contribution is -2.59. The van der Waals surface area contributed by atoms with Crippen molar-refractivity contribution in [3.05, 3.63) is 0 Å². The fourth-order valence-electron chi connectivity index (χ4n) is 3.86. The van der Waals surface area contributed by atoms with Gasteiger partial charge in [0.25, 0.3) is 0 Å². The Morgan fingerprint density at radius 3 is 2.00 bits per heavy atom. The number of aliphatic hydroxyl groups excluding tert-OH is 1. The molecule has 16 heavy (non-hydrogen) atoms. The predicted octanol–water partition coefficient (Wildman–Crippen LogP) is 1.56. The molecule has 0 aromatic heterocycles. The lowest BCUT2D eigenvalue weighted by molar-refractivity contribution is -0.232. The first-order chi connectivity index (χ1) is 7.41. The molecule has 1 N–H and O–H groups in total. The lowest BCUT2D eigenvalue weighted by Gasteiger charge is -2.42. The zero-order valence-electron chi connectivity index (χ0n) is 8.91. The molecule has 6 atom stereocenters. The average Bonchev–Trinajstić information content (AvgIpc) is 3.03. The zero-order valence-corrected chi connectivity index (χ0v) is 11.2. The SMILES string of the molecule is COC1(OC)[C@@]2(Cl)[C@H](O)[C@@H](Cl)[C@]1(Cl)[C@@H]1C[C@@H]12. The molecule has 0 aliphatic heterocycles. The minimum absolute atomic E-state index is 0.122. The van der Waals surface area contributed by atoms with Gasteiger partial charge < -0.3 is 14.6 Å². The van der Waals surface area contributed by atoms with Crippen LogP contribution in [0.5, 0.6) is 0 Å². The van der Waals surface area contributed by atoms with E-state index < -0.39 is 27.0 Å². The van der Waals surface area contributed by atoms with Gasteiger partial charge in [-0.05, 0) is 18.3 Å². The molecule has 0 radical (unpaired) electrons. The van der Waals surface area contributed by atoms with E-state index in [9.17, 15) is 5.11 Å². The van der Waals surface area contributed by atoms with Gasteiger partial charge >= 0.3 is 0 Å². The predicted molar refractivity (Wildman–Crippen MR) is 61.2 cm³/mol. The molecule has 0 saturated heterocycles. The van der Waals surface area contributed by atoms with Gasteiger partial charge in [-0.25, -0.2) is 0 Å². The number of methoxy groups -OCH3 is 2. The van der Waals surface area contributed by atoms with Crippen LogP contribution in [0.25, 0.3) is 0 Å². The van der Waals surface area contributed by atoms with Gasteiger partial charge in [0.2, 0.25) is 5.79 Å². The van der Waals surface area contributed by atoms with E-state index in [0.717, 1.165) is 6.42 Å². The Morgan fingerprint density at radius 1 is 1.12 bits per heavy atom. The lowest BCUT2D eigenvalue weighted by atomic mass is 9.95. The molecule has 3 aliphatic rings. The molecule has 92 valence electrons. The van der Waals surface area contributed by atoms with Crippen LogP contribution in [0.4, 0.5) is 0 Å². The maximum Gasteiger partial charge on any atom is 0.211 e. The van der Waals surface area contributed by atoms with Crippen molar-refractivity contribution < 1.29 is 14.6 Å². The molecule has 0 spiro atoms. The van der Waals surface area contributed by atoms with Gasteiger partial charge in [-0.1, -0.05) is 0 Å². The molecule has 2 bridgehead atoms. The topological polar surface area (TPSA) is 38.7 Å². The summed E-state index contributed by atoms with van der Waals surface area (Å²) in [6.45, 7) is 0. The summed E-state index contributed by atoms with van der Waals surface area (Å²) in [7, 11) is 2.98. The molecule has 0 aromatic rings. The highest BCUT2D eigenvalue weighted by Gasteiger charge is 2.92. The van der Waals surface area contributed by atoms with Crippen molar-refractivity contribution in [3.8, 4) is 0 Å². The number of hydrogen-bond donors (Lipinski definition) is 1. The zero-order chi connectivity index (χ0) is 11.9. The summed E-state index contributed by atoms with van der Waals surface area (Å²) >= 11 is 19.4. The van der Waals surface area contributed by atoms with Gasteiger partial charge in [-0.15, -0.1) is 34.8 Å². The van der Waals surface area contributed by atoms with E-state index in [0.29, 0.717) is 0 Å². The Balaban J connectivity index is 2.21. The van der Waals surface area contributed by atoms with Crippen molar-refractivity contribution >= 4 is 34.8 Å². The number of rotatable bonds is 2. The van der Waals surface area contributed by atoms with Crippen molar-refractivity contribution in [1.82, 2.24) is 0 Å². The van der Waals surface area contributed by atoms with Gasteiger partial charge in [0.1, 0.15) is 9.75 Å². The second-order valence-electron chi connectivity index (χ2n) is 4.86. The van der Waals surface area contributed by atoms with Gasteiger partial charge in [0.15, 0.2) is 0 Å². The number of hydrogen-bond acceptors (Lipinski definition) is 3. The van der Waals surface area contributed by atoms with Gasteiger partial charge in [-0.2, -0.15) is 0 Å². The van der Waals surface area contributed by atoms with Crippen LogP contribution in [0, 0.1) is 11.8 Å². The molecule has 3 rings (SSSR count). The van der Waals surface area contributed by atoms with E-state index in [1.165, 1.54) is 14.2 Å². The molecular formula is C10H13Cl3O3. The van der Waals surface area contributed by atoms with Gasteiger partial charge in [-0.3, -0.25) is 0 Å². The molecule has 3 saturated carbocycles. The third-order valence-electron chi connectivity index (χ3n) is 4.56. The Bertz CT molecular complexity index is 320. The van der Waals surface area contributed by atoms with Gasteiger partial charge in [0, 0.05) is 14.2 Å². The molecule has 0 aromatic carbocycles. The van der Waals surface area contributed by atoms with Crippen molar-refractivity contribution in [3.63, 3.8) is 0 Å². The van der Waals surface area contributed by atoms with Crippen LogP contribution in [0.2, 0.25) is 0 Å². The Labute approximate surface area is 109 Å². The highest BCUT2D eigenvalue weighted by molar-refractivity contribution is 6.39. The van der Waals surface area contributed by atoms with Crippen LogP contribution in [0.1, 0.15) is 6.42 Å². The highest BCUT2D eigenvalue weighted by atomic mass is 35.5. The van der Waals surface area contributed by atoms with Crippen molar-refractivity contribution in [2.45, 2.75) is 33.4 Å². The Kier molecular flexibility index (Phi) is 2.22. The summed E-state index contributed by atoms with van der Waals surface area (Å²) in [5.74, 6) is -0.920. The first-order valence-electron chi connectivity index (χ1n) is 5.22. The molecule has 0 unspecified atom stereocenters. The van der Waals surface area contributed by atoms with E-state index in [2.05, 4.69) is 0 Å². The average molecular weight is 288 g/mol. The Hall–Kier alpha value is 0.750. The molecule has 3 aliphatic carbocycles. The third-order valence-corrected chi connectivity index (χ3v) is 6.77.